The van der Waals surface area contributed by atoms with Crippen molar-refractivity contribution in [3.8, 4) is 0 Å². The van der Waals surface area contributed by atoms with Gasteiger partial charge < -0.3 is 10.4 Å². The van der Waals surface area contributed by atoms with Crippen LogP contribution in [0.25, 0.3) is 0 Å². The number of hydrogen-bond acceptors (Lipinski definition) is 2. The average molecular weight is 263 g/mol. The van der Waals surface area contributed by atoms with Crippen molar-refractivity contribution in [2.75, 3.05) is 6.54 Å². The molecule has 0 aromatic heterocycles. The number of carboxylic acid groups (broad SMARTS) is 1. The van der Waals surface area contributed by atoms with Gasteiger partial charge in [0.15, 0.2) is 0 Å². The van der Waals surface area contributed by atoms with Crippen LogP contribution in [0.2, 0.25) is 0 Å². The van der Waals surface area contributed by atoms with Crippen molar-refractivity contribution >= 4 is 5.97 Å². The number of benzene rings is 1. The average Bonchev–Trinajstić information content (AvgIpc) is 2.93. The van der Waals surface area contributed by atoms with Crippen molar-refractivity contribution < 1.29 is 14.3 Å². The highest BCUT2D eigenvalue weighted by Gasteiger charge is 2.12. The third-order valence-electron chi connectivity index (χ3n) is 3.40. The van der Waals surface area contributed by atoms with Crippen LogP contribution in [0.4, 0.5) is 4.39 Å². The van der Waals surface area contributed by atoms with E-state index in [1.807, 2.05) is 0 Å². The van der Waals surface area contributed by atoms with E-state index in [9.17, 15) is 9.18 Å². The molecular weight excluding hydrogens is 245 g/mol. The Morgan fingerprint density at radius 2 is 1.84 bits per heavy atom. The first-order valence-electron chi connectivity index (χ1n) is 6.56. The van der Waals surface area contributed by atoms with E-state index in [4.69, 9.17) is 5.11 Å². The van der Waals surface area contributed by atoms with Crippen molar-refractivity contribution in [3.05, 3.63) is 46.8 Å². The lowest BCUT2D eigenvalue weighted by Crippen LogP contribution is -2.16. The van der Waals surface area contributed by atoms with E-state index < -0.39 is 5.97 Å². The summed E-state index contributed by atoms with van der Waals surface area (Å²) in [6.07, 6.45) is 3.97. The van der Waals surface area contributed by atoms with E-state index >= 15 is 0 Å². The van der Waals surface area contributed by atoms with Crippen LogP contribution in [0, 0.1) is 0 Å². The van der Waals surface area contributed by atoms with Crippen LogP contribution in [-0.2, 0) is 6.54 Å². The Labute approximate surface area is 112 Å². The lowest BCUT2D eigenvalue weighted by molar-refractivity contribution is 0.0697. The standard InChI is InChI=1S/C15H18FNO2/c16-14(12-3-1-2-4-12)10-17-9-11-5-7-13(8-6-11)15(18)19/h5-8,17H,1-4,9-10H2,(H,18,19). The van der Waals surface area contributed by atoms with Gasteiger partial charge in [-0.3, -0.25) is 0 Å². The van der Waals surface area contributed by atoms with Crippen LogP contribution < -0.4 is 5.32 Å². The molecule has 0 saturated heterocycles. The molecule has 102 valence electrons. The van der Waals surface area contributed by atoms with Crippen molar-refractivity contribution in [1.82, 2.24) is 5.32 Å². The SMILES string of the molecule is O=C(O)c1ccc(CNCC(F)=C2CCCC2)cc1. The second kappa shape index (κ2) is 6.48. The second-order valence-corrected chi connectivity index (χ2v) is 4.82. The van der Waals surface area contributed by atoms with Gasteiger partial charge in [-0.25, -0.2) is 9.18 Å². The third-order valence-corrected chi connectivity index (χ3v) is 3.40. The summed E-state index contributed by atoms with van der Waals surface area (Å²) in [5.41, 5.74) is 2.17. The van der Waals surface area contributed by atoms with Gasteiger partial charge in [0.2, 0.25) is 0 Å². The molecule has 19 heavy (non-hydrogen) atoms. The molecule has 4 heteroatoms. The maximum atomic E-state index is 13.7. The number of rotatable bonds is 5. The molecule has 0 unspecified atom stereocenters. The summed E-state index contributed by atoms with van der Waals surface area (Å²) in [4.78, 5) is 10.7. The Morgan fingerprint density at radius 3 is 2.42 bits per heavy atom. The second-order valence-electron chi connectivity index (χ2n) is 4.82. The van der Waals surface area contributed by atoms with Crippen LogP contribution in [0.5, 0.6) is 0 Å². The smallest absolute Gasteiger partial charge is 0.335 e. The number of carbonyl (C=O) groups is 1. The maximum absolute atomic E-state index is 13.7. The van der Waals surface area contributed by atoms with E-state index in [1.54, 1.807) is 24.3 Å². The van der Waals surface area contributed by atoms with E-state index in [0.717, 1.165) is 36.8 Å². The summed E-state index contributed by atoms with van der Waals surface area (Å²) < 4.78 is 13.7. The molecule has 1 saturated carbocycles. The first-order valence-corrected chi connectivity index (χ1v) is 6.56. The van der Waals surface area contributed by atoms with Gasteiger partial charge in [-0.15, -0.1) is 0 Å². The molecular formula is C15H18FNO2. The number of nitrogens with one attached hydrogen (secondary N) is 1. The molecule has 1 aromatic carbocycles. The third kappa shape index (κ3) is 3.89. The molecule has 1 fully saturated rings. The van der Waals surface area contributed by atoms with Gasteiger partial charge in [0.1, 0.15) is 5.83 Å². The predicted octanol–water partition coefficient (Wildman–Crippen LogP) is 3.27. The van der Waals surface area contributed by atoms with Crippen LogP contribution in [-0.4, -0.2) is 17.6 Å². The number of hydrogen-bond donors (Lipinski definition) is 2. The molecule has 0 aliphatic heterocycles. The van der Waals surface area contributed by atoms with Gasteiger partial charge in [0.25, 0.3) is 0 Å². The van der Waals surface area contributed by atoms with Crippen LogP contribution in [0.1, 0.15) is 41.6 Å². The highest BCUT2D eigenvalue weighted by atomic mass is 19.1. The Morgan fingerprint density at radius 1 is 1.21 bits per heavy atom. The zero-order valence-electron chi connectivity index (χ0n) is 10.8. The molecule has 1 aliphatic carbocycles. The lowest BCUT2D eigenvalue weighted by Gasteiger charge is -2.06. The van der Waals surface area contributed by atoms with Gasteiger partial charge in [-0.2, -0.15) is 0 Å². The molecule has 0 spiro atoms. The number of halogens is 1. The number of aromatic carboxylic acids is 1. The molecule has 2 rings (SSSR count). The van der Waals surface area contributed by atoms with E-state index in [-0.39, 0.29) is 17.9 Å². The minimum atomic E-state index is -0.934. The zero-order valence-corrected chi connectivity index (χ0v) is 10.8. The quantitative estimate of drug-likeness (QED) is 0.857. The summed E-state index contributed by atoms with van der Waals surface area (Å²) in [6, 6.07) is 6.62. The molecule has 0 amide bonds. The molecule has 0 heterocycles. The Hall–Kier alpha value is -1.68. The number of allylic oxidation sites excluding steroid dienone is 1. The molecule has 1 aromatic rings. The Balaban J connectivity index is 1.82. The molecule has 2 N–H and O–H groups in total. The fraction of sp³-hybridized carbons (Fsp3) is 0.400. The molecule has 3 nitrogen and oxygen atoms in total. The van der Waals surface area contributed by atoms with Gasteiger partial charge in [-0.1, -0.05) is 12.1 Å². The van der Waals surface area contributed by atoms with Crippen LogP contribution >= 0.6 is 0 Å². The van der Waals surface area contributed by atoms with Crippen molar-refractivity contribution in [2.24, 2.45) is 0 Å². The fourth-order valence-electron chi connectivity index (χ4n) is 2.28. The van der Waals surface area contributed by atoms with Crippen LogP contribution in [0.3, 0.4) is 0 Å². The zero-order chi connectivity index (χ0) is 13.7. The fourth-order valence-corrected chi connectivity index (χ4v) is 2.28. The summed E-state index contributed by atoms with van der Waals surface area (Å²) in [5.74, 6) is -0.962. The van der Waals surface area contributed by atoms with Crippen molar-refractivity contribution in [3.63, 3.8) is 0 Å². The molecule has 0 radical (unpaired) electrons. The molecule has 0 bridgehead atoms. The minimum absolute atomic E-state index is 0.0281. The maximum Gasteiger partial charge on any atom is 0.335 e. The highest BCUT2D eigenvalue weighted by Crippen LogP contribution is 2.27. The monoisotopic (exact) mass is 263 g/mol. The minimum Gasteiger partial charge on any atom is -0.478 e. The van der Waals surface area contributed by atoms with Gasteiger partial charge >= 0.3 is 5.97 Å². The topological polar surface area (TPSA) is 49.3 Å². The van der Waals surface area contributed by atoms with Crippen LogP contribution in [0.15, 0.2) is 35.7 Å². The van der Waals surface area contributed by atoms with E-state index in [0.29, 0.717) is 6.54 Å². The van der Waals surface area contributed by atoms with E-state index in [2.05, 4.69) is 5.32 Å². The largest absolute Gasteiger partial charge is 0.478 e. The Bertz CT molecular complexity index is 471. The van der Waals surface area contributed by atoms with Gasteiger partial charge in [-0.05, 0) is 49.0 Å². The first-order chi connectivity index (χ1) is 9.16. The lowest BCUT2D eigenvalue weighted by atomic mass is 10.1. The van der Waals surface area contributed by atoms with E-state index in [1.165, 1.54) is 0 Å². The summed E-state index contributed by atoms with van der Waals surface area (Å²) in [7, 11) is 0. The normalized spacial score (nSPS) is 14.7. The highest BCUT2D eigenvalue weighted by molar-refractivity contribution is 5.87. The summed E-state index contributed by atoms with van der Waals surface area (Å²) in [6.45, 7) is 0.802. The van der Waals surface area contributed by atoms with Crippen molar-refractivity contribution in [1.29, 1.82) is 0 Å². The predicted molar refractivity (Wildman–Crippen MR) is 71.7 cm³/mol. The molecule has 1 aliphatic rings. The number of carboxylic acids is 1. The summed E-state index contributed by atoms with van der Waals surface area (Å²) in [5, 5.41) is 11.8. The van der Waals surface area contributed by atoms with Crippen molar-refractivity contribution in [2.45, 2.75) is 32.2 Å². The first kappa shape index (κ1) is 13.7. The summed E-state index contributed by atoms with van der Waals surface area (Å²) >= 11 is 0. The molecule has 0 atom stereocenters. The Kier molecular flexibility index (Phi) is 4.68. The van der Waals surface area contributed by atoms with Gasteiger partial charge in [0, 0.05) is 13.1 Å². The van der Waals surface area contributed by atoms with Gasteiger partial charge in [0.05, 0.1) is 5.56 Å².